The number of imidazole rings is 1. The van der Waals surface area contributed by atoms with Gasteiger partial charge in [0.1, 0.15) is 12.4 Å². The third-order valence-electron chi connectivity index (χ3n) is 4.49. The second-order valence-corrected chi connectivity index (χ2v) is 7.96. The molecular weight excluding hydrogens is 372 g/mol. The van der Waals surface area contributed by atoms with Crippen LogP contribution in [0.3, 0.4) is 0 Å². The molecule has 3 rings (SSSR count). The molecule has 2 unspecified atom stereocenters. The van der Waals surface area contributed by atoms with Gasteiger partial charge >= 0.3 is 0 Å². The molecule has 0 amide bonds. The molecule has 1 aliphatic rings. The smallest absolute Gasteiger partial charge is 0.168 e. The average molecular weight is 397 g/mol. The van der Waals surface area contributed by atoms with Gasteiger partial charge in [0.25, 0.3) is 0 Å². The van der Waals surface area contributed by atoms with Crippen molar-refractivity contribution in [2.45, 2.75) is 50.6 Å². The fraction of sp³-hybridized carbons (Fsp3) is 0.526. The first-order valence-corrected chi connectivity index (χ1v) is 10.2. The zero-order valence-corrected chi connectivity index (χ0v) is 16.7. The van der Waals surface area contributed by atoms with Crippen molar-refractivity contribution >= 4 is 23.4 Å². The van der Waals surface area contributed by atoms with Crippen molar-refractivity contribution in [1.82, 2.24) is 9.55 Å². The van der Waals surface area contributed by atoms with E-state index < -0.39 is 6.10 Å². The lowest BCUT2D eigenvalue weighted by Crippen LogP contribution is -2.21. The molecule has 26 heavy (non-hydrogen) atoms. The van der Waals surface area contributed by atoms with Gasteiger partial charge in [-0.3, -0.25) is 0 Å². The monoisotopic (exact) mass is 396 g/mol. The minimum Gasteiger partial charge on any atom is -0.491 e. The Morgan fingerprint density at radius 3 is 2.85 bits per heavy atom. The minimum atomic E-state index is -0.579. The van der Waals surface area contributed by atoms with E-state index in [1.807, 2.05) is 6.92 Å². The Hall–Kier alpha value is -1.21. The van der Waals surface area contributed by atoms with Crippen LogP contribution in [0.25, 0.3) is 0 Å². The van der Waals surface area contributed by atoms with Crippen LogP contribution >= 0.6 is 23.4 Å². The quantitative estimate of drug-likeness (QED) is 0.686. The predicted molar refractivity (Wildman–Crippen MR) is 104 cm³/mol. The molecule has 5 nitrogen and oxygen atoms in total. The topological polar surface area (TPSA) is 56.5 Å². The lowest BCUT2D eigenvalue weighted by Gasteiger charge is -2.16. The van der Waals surface area contributed by atoms with E-state index in [9.17, 15) is 5.11 Å². The summed E-state index contributed by atoms with van der Waals surface area (Å²) in [6.45, 7) is 6.01. The normalized spacial score (nSPS) is 18.2. The highest BCUT2D eigenvalue weighted by atomic mass is 35.5. The van der Waals surface area contributed by atoms with Crippen LogP contribution in [0.4, 0.5) is 0 Å². The van der Waals surface area contributed by atoms with Crippen LogP contribution in [0.2, 0.25) is 5.02 Å². The van der Waals surface area contributed by atoms with Crippen LogP contribution in [-0.4, -0.2) is 45.8 Å². The Balaban J connectivity index is 1.53. The van der Waals surface area contributed by atoms with Crippen LogP contribution in [0, 0.1) is 13.8 Å². The van der Waals surface area contributed by atoms with Gasteiger partial charge in [-0.2, -0.15) is 0 Å². The zero-order valence-electron chi connectivity index (χ0n) is 15.2. The molecule has 1 fully saturated rings. The standard InChI is InChI=1S/C19H25ClN2O3S/c1-13-14(2)22(10-18-4-3-9-24-18)19(21-13)26-12-16(23)11-25-17-7-5-15(20)6-8-17/h5-8,16,18,23H,3-4,9-12H2,1-2H3. The molecule has 2 aromatic rings. The van der Waals surface area contributed by atoms with Crippen LogP contribution in [0.5, 0.6) is 5.75 Å². The Morgan fingerprint density at radius 2 is 2.15 bits per heavy atom. The van der Waals surface area contributed by atoms with E-state index in [-0.39, 0.29) is 12.7 Å². The van der Waals surface area contributed by atoms with E-state index in [2.05, 4.69) is 16.5 Å². The van der Waals surface area contributed by atoms with E-state index in [0.29, 0.717) is 16.5 Å². The Bertz CT molecular complexity index is 714. The Morgan fingerprint density at radius 1 is 1.38 bits per heavy atom. The highest BCUT2D eigenvalue weighted by molar-refractivity contribution is 7.99. The summed E-state index contributed by atoms with van der Waals surface area (Å²) in [7, 11) is 0. The molecular formula is C19H25ClN2O3S. The number of aryl methyl sites for hydroxylation is 1. The third kappa shape index (κ3) is 5.16. The van der Waals surface area contributed by atoms with E-state index in [0.717, 1.165) is 42.5 Å². The van der Waals surface area contributed by atoms with Crippen molar-refractivity contribution in [2.75, 3.05) is 19.0 Å². The molecule has 2 heterocycles. The maximum absolute atomic E-state index is 10.2. The number of thioether (sulfide) groups is 1. The number of hydrogen-bond acceptors (Lipinski definition) is 5. The van der Waals surface area contributed by atoms with Gasteiger partial charge in [-0.05, 0) is 51.0 Å². The van der Waals surface area contributed by atoms with Crippen molar-refractivity contribution in [3.8, 4) is 5.75 Å². The number of aliphatic hydroxyl groups excluding tert-OH is 1. The first kappa shape index (κ1) is 19.5. The number of aromatic nitrogens is 2. The third-order valence-corrected chi connectivity index (χ3v) is 5.87. The Labute approximate surface area is 163 Å². The SMILES string of the molecule is Cc1nc(SCC(O)COc2ccc(Cl)cc2)n(CC2CCCO2)c1C. The fourth-order valence-electron chi connectivity index (χ4n) is 2.88. The lowest BCUT2D eigenvalue weighted by atomic mass is 10.2. The van der Waals surface area contributed by atoms with E-state index in [4.69, 9.17) is 21.1 Å². The molecule has 0 bridgehead atoms. The van der Waals surface area contributed by atoms with Gasteiger partial charge in [0.15, 0.2) is 5.16 Å². The first-order chi connectivity index (χ1) is 12.5. The number of ether oxygens (including phenoxy) is 2. The van der Waals surface area contributed by atoms with Crippen molar-refractivity contribution < 1.29 is 14.6 Å². The molecule has 1 N–H and O–H groups in total. The summed E-state index contributed by atoms with van der Waals surface area (Å²) in [4.78, 5) is 4.66. The zero-order chi connectivity index (χ0) is 18.5. The van der Waals surface area contributed by atoms with E-state index in [1.165, 1.54) is 0 Å². The molecule has 0 spiro atoms. The molecule has 1 aromatic heterocycles. The summed E-state index contributed by atoms with van der Waals surface area (Å²) in [6, 6.07) is 7.13. The van der Waals surface area contributed by atoms with Gasteiger partial charge in [-0.25, -0.2) is 4.98 Å². The number of nitrogens with zero attached hydrogens (tertiary/aromatic N) is 2. The highest BCUT2D eigenvalue weighted by Crippen LogP contribution is 2.25. The summed E-state index contributed by atoms with van der Waals surface area (Å²) in [6.07, 6.45) is 1.91. The van der Waals surface area contributed by atoms with E-state index >= 15 is 0 Å². The van der Waals surface area contributed by atoms with Crippen molar-refractivity contribution in [3.63, 3.8) is 0 Å². The molecule has 1 saturated heterocycles. The number of hydrogen-bond donors (Lipinski definition) is 1. The van der Waals surface area contributed by atoms with Crippen LogP contribution in [0.1, 0.15) is 24.2 Å². The largest absolute Gasteiger partial charge is 0.491 e. The maximum atomic E-state index is 10.2. The fourth-order valence-corrected chi connectivity index (χ4v) is 4.02. The van der Waals surface area contributed by atoms with Gasteiger partial charge < -0.3 is 19.1 Å². The van der Waals surface area contributed by atoms with Crippen molar-refractivity contribution in [2.24, 2.45) is 0 Å². The van der Waals surface area contributed by atoms with Gasteiger partial charge in [-0.1, -0.05) is 23.4 Å². The number of aliphatic hydroxyl groups is 1. The lowest BCUT2D eigenvalue weighted by molar-refractivity contribution is 0.0944. The number of benzene rings is 1. The molecule has 1 aliphatic heterocycles. The molecule has 142 valence electrons. The number of rotatable bonds is 8. The summed E-state index contributed by atoms with van der Waals surface area (Å²) < 4.78 is 13.6. The highest BCUT2D eigenvalue weighted by Gasteiger charge is 2.21. The van der Waals surface area contributed by atoms with Gasteiger partial charge in [0.2, 0.25) is 0 Å². The van der Waals surface area contributed by atoms with Crippen LogP contribution in [-0.2, 0) is 11.3 Å². The van der Waals surface area contributed by atoms with Crippen LogP contribution in [0.15, 0.2) is 29.4 Å². The summed E-state index contributed by atoms with van der Waals surface area (Å²) in [5, 5.41) is 11.8. The van der Waals surface area contributed by atoms with Gasteiger partial charge in [0.05, 0.1) is 24.4 Å². The molecule has 0 saturated carbocycles. The molecule has 0 aliphatic carbocycles. The molecule has 2 atom stereocenters. The second-order valence-electron chi connectivity index (χ2n) is 6.54. The minimum absolute atomic E-state index is 0.235. The van der Waals surface area contributed by atoms with Crippen LogP contribution < -0.4 is 4.74 Å². The molecule has 1 aromatic carbocycles. The maximum Gasteiger partial charge on any atom is 0.168 e. The second kappa shape index (κ2) is 9.13. The van der Waals surface area contributed by atoms with Gasteiger partial charge in [0, 0.05) is 23.1 Å². The summed E-state index contributed by atoms with van der Waals surface area (Å²) in [5.41, 5.74) is 2.19. The molecule has 7 heteroatoms. The predicted octanol–water partition coefficient (Wildman–Crippen LogP) is 3.86. The van der Waals surface area contributed by atoms with Crippen molar-refractivity contribution in [3.05, 3.63) is 40.7 Å². The molecule has 0 radical (unpaired) electrons. The average Bonchev–Trinajstić information content (AvgIpc) is 3.23. The summed E-state index contributed by atoms with van der Waals surface area (Å²) >= 11 is 7.41. The van der Waals surface area contributed by atoms with E-state index in [1.54, 1.807) is 36.0 Å². The first-order valence-electron chi connectivity index (χ1n) is 8.87. The van der Waals surface area contributed by atoms with Gasteiger partial charge in [-0.15, -0.1) is 0 Å². The number of halogens is 1. The summed E-state index contributed by atoms with van der Waals surface area (Å²) in [5.74, 6) is 1.22. The van der Waals surface area contributed by atoms with Crippen molar-refractivity contribution in [1.29, 1.82) is 0 Å². The Kier molecular flexibility index (Phi) is 6.86.